The number of nitrogens with two attached hydrogens (primary N) is 1. The Bertz CT molecular complexity index is 621. The quantitative estimate of drug-likeness (QED) is 0.848. The Morgan fingerprint density at radius 3 is 2.56 bits per heavy atom. The molecule has 0 fully saturated rings. The molecular weight excluding hydrogens is 228 g/mol. The fraction of sp³-hybridized carbons (Fsp3) is 0.143. The molecule has 3 N–H and O–H groups in total. The number of carbonyl (C=O) groups is 1. The first kappa shape index (κ1) is 12.1. The summed E-state index contributed by atoms with van der Waals surface area (Å²) in [6.07, 6.45) is 0. The molecule has 0 aliphatic rings. The molecule has 1 aromatic carbocycles. The molecule has 0 saturated carbocycles. The number of aromatic nitrogens is 1. The van der Waals surface area contributed by atoms with Crippen LogP contribution in [0.15, 0.2) is 30.3 Å². The van der Waals surface area contributed by atoms with Gasteiger partial charge in [0.2, 0.25) is 0 Å². The largest absolute Gasteiger partial charge is 0.476 e. The van der Waals surface area contributed by atoms with Gasteiger partial charge in [-0.3, -0.25) is 0 Å². The topological polar surface area (TPSA) is 76.2 Å². The van der Waals surface area contributed by atoms with Crippen LogP contribution in [0, 0.1) is 13.8 Å². The second-order valence-corrected chi connectivity index (χ2v) is 4.18. The van der Waals surface area contributed by atoms with Gasteiger partial charge in [-0.1, -0.05) is 18.2 Å². The molecule has 0 atom stereocenters. The lowest BCUT2D eigenvalue weighted by Crippen LogP contribution is -2.06. The monoisotopic (exact) mass is 242 g/mol. The zero-order chi connectivity index (χ0) is 13.3. The highest BCUT2D eigenvalue weighted by atomic mass is 16.4. The number of benzene rings is 1. The van der Waals surface area contributed by atoms with Gasteiger partial charge in [0.25, 0.3) is 0 Å². The summed E-state index contributed by atoms with van der Waals surface area (Å²) in [6, 6.07) is 9.10. The average Bonchev–Trinajstić information content (AvgIpc) is 2.33. The van der Waals surface area contributed by atoms with Crippen LogP contribution in [-0.2, 0) is 0 Å². The number of nitrogens with zero attached hydrogens (tertiary/aromatic N) is 1. The summed E-state index contributed by atoms with van der Waals surface area (Å²) >= 11 is 0. The summed E-state index contributed by atoms with van der Waals surface area (Å²) < 4.78 is 0. The van der Waals surface area contributed by atoms with E-state index in [1.54, 1.807) is 12.1 Å². The van der Waals surface area contributed by atoms with E-state index >= 15 is 0 Å². The van der Waals surface area contributed by atoms with Gasteiger partial charge in [0.15, 0.2) is 5.69 Å². The van der Waals surface area contributed by atoms with E-state index in [4.69, 9.17) is 5.73 Å². The number of hydrogen-bond acceptors (Lipinski definition) is 3. The highest BCUT2D eigenvalue weighted by Crippen LogP contribution is 2.28. The van der Waals surface area contributed by atoms with Crippen LogP contribution in [0.4, 0.5) is 5.82 Å². The molecule has 1 aromatic heterocycles. The number of carboxylic acids is 1. The number of pyridine rings is 1. The fourth-order valence-electron chi connectivity index (χ4n) is 1.90. The SMILES string of the molecule is Cc1cccc(-c2ccc(N)nc2C(=O)O)c1C. The zero-order valence-electron chi connectivity index (χ0n) is 10.3. The molecule has 1 heterocycles. The third kappa shape index (κ3) is 2.05. The maximum Gasteiger partial charge on any atom is 0.355 e. The first-order valence-corrected chi connectivity index (χ1v) is 5.57. The number of anilines is 1. The molecule has 92 valence electrons. The van der Waals surface area contributed by atoms with Crippen molar-refractivity contribution in [3.8, 4) is 11.1 Å². The summed E-state index contributed by atoms with van der Waals surface area (Å²) in [5.74, 6) is -0.861. The van der Waals surface area contributed by atoms with Crippen molar-refractivity contribution in [3.05, 3.63) is 47.2 Å². The first-order chi connectivity index (χ1) is 8.50. The highest BCUT2D eigenvalue weighted by Gasteiger charge is 2.15. The van der Waals surface area contributed by atoms with E-state index < -0.39 is 5.97 Å². The predicted molar refractivity (Wildman–Crippen MR) is 70.5 cm³/mol. The third-order valence-electron chi connectivity index (χ3n) is 3.01. The van der Waals surface area contributed by atoms with E-state index in [1.807, 2.05) is 32.0 Å². The van der Waals surface area contributed by atoms with Gasteiger partial charge in [-0.15, -0.1) is 0 Å². The maximum absolute atomic E-state index is 11.2. The molecule has 0 spiro atoms. The average molecular weight is 242 g/mol. The molecule has 0 radical (unpaired) electrons. The number of rotatable bonds is 2. The Hall–Kier alpha value is -2.36. The van der Waals surface area contributed by atoms with Crippen LogP contribution in [0.5, 0.6) is 0 Å². The molecule has 0 aliphatic carbocycles. The van der Waals surface area contributed by atoms with Crippen LogP contribution in [0.3, 0.4) is 0 Å². The van der Waals surface area contributed by atoms with Crippen molar-refractivity contribution in [2.24, 2.45) is 0 Å². The van der Waals surface area contributed by atoms with E-state index in [0.29, 0.717) is 5.56 Å². The van der Waals surface area contributed by atoms with Gasteiger partial charge in [-0.25, -0.2) is 9.78 Å². The summed E-state index contributed by atoms with van der Waals surface area (Å²) in [6.45, 7) is 3.96. The lowest BCUT2D eigenvalue weighted by molar-refractivity contribution is 0.0691. The van der Waals surface area contributed by atoms with Crippen LogP contribution >= 0.6 is 0 Å². The Morgan fingerprint density at radius 1 is 1.17 bits per heavy atom. The van der Waals surface area contributed by atoms with Crippen molar-refractivity contribution < 1.29 is 9.90 Å². The van der Waals surface area contributed by atoms with Gasteiger partial charge in [0.1, 0.15) is 5.82 Å². The molecule has 0 amide bonds. The fourth-order valence-corrected chi connectivity index (χ4v) is 1.90. The third-order valence-corrected chi connectivity index (χ3v) is 3.01. The van der Waals surface area contributed by atoms with Crippen LogP contribution in [0.25, 0.3) is 11.1 Å². The maximum atomic E-state index is 11.2. The van der Waals surface area contributed by atoms with E-state index in [1.165, 1.54) is 0 Å². The van der Waals surface area contributed by atoms with Crippen molar-refractivity contribution in [2.75, 3.05) is 5.73 Å². The number of nitrogen functional groups attached to an aromatic ring is 1. The van der Waals surface area contributed by atoms with Crippen molar-refractivity contribution >= 4 is 11.8 Å². The van der Waals surface area contributed by atoms with Gasteiger partial charge in [-0.2, -0.15) is 0 Å². The van der Waals surface area contributed by atoms with Crippen molar-refractivity contribution in [3.63, 3.8) is 0 Å². The van der Waals surface area contributed by atoms with E-state index in [9.17, 15) is 9.90 Å². The van der Waals surface area contributed by atoms with Crippen LogP contribution in [-0.4, -0.2) is 16.1 Å². The molecule has 0 bridgehead atoms. The molecule has 18 heavy (non-hydrogen) atoms. The Morgan fingerprint density at radius 2 is 1.89 bits per heavy atom. The zero-order valence-corrected chi connectivity index (χ0v) is 10.3. The number of aromatic carboxylic acids is 1. The second kappa shape index (κ2) is 4.49. The molecule has 2 aromatic rings. The predicted octanol–water partition coefficient (Wildman–Crippen LogP) is 2.65. The second-order valence-electron chi connectivity index (χ2n) is 4.18. The molecule has 0 unspecified atom stereocenters. The normalized spacial score (nSPS) is 10.3. The van der Waals surface area contributed by atoms with Gasteiger partial charge < -0.3 is 10.8 Å². The smallest absolute Gasteiger partial charge is 0.355 e. The summed E-state index contributed by atoms with van der Waals surface area (Å²) in [5, 5.41) is 9.19. The number of aryl methyl sites for hydroxylation is 1. The standard InChI is InChI=1S/C14H14N2O2/c1-8-4-3-5-10(9(8)2)11-6-7-12(15)16-13(11)14(17)18/h3-7H,1-2H3,(H2,15,16)(H,17,18). The summed E-state index contributed by atoms with van der Waals surface area (Å²) in [5.41, 5.74) is 9.16. The minimum absolute atomic E-state index is 0.0105. The van der Waals surface area contributed by atoms with Crippen LogP contribution in [0.2, 0.25) is 0 Å². The van der Waals surface area contributed by atoms with Gasteiger partial charge >= 0.3 is 5.97 Å². The lowest BCUT2D eigenvalue weighted by Gasteiger charge is -2.11. The van der Waals surface area contributed by atoms with E-state index in [2.05, 4.69) is 4.98 Å². The summed E-state index contributed by atoms with van der Waals surface area (Å²) in [4.78, 5) is 15.1. The highest BCUT2D eigenvalue weighted by molar-refractivity contribution is 5.95. The molecule has 2 rings (SSSR count). The van der Waals surface area contributed by atoms with Gasteiger partial charge in [0, 0.05) is 5.56 Å². The van der Waals surface area contributed by atoms with Crippen molar-refractivity contribution in [2.45, 2.75) is 13.8 Å². The number of hydrogen-bond donors (Lipinski definition) is 2. The van der Waals surface area contributed by atoms with Crippen LogP contribution in [0.1, 0.15) is 21.6 Å². The van der Waals surface area contributed by atoms with E-state index in [0.717, 1.165) is 16.7 Å². The Kier molecular flexibility index (Phi) is 3.02. The Balaban J connectivity index is 2.71. The van der Waals surface area contributed by atoms with Gasteiger partial charge in [-0.05, 0) is 42.7 Å². The molecule has 4 nitrogen and oxygen atoms in total. The van der Waals surface area contributed by atoms with Crippen LogP contribution < -0.4 is 5.73 Å². The Labute approximate surface area is 105 Å². The van der Waals surface area contributed by atoms with Crippen molar-refractivity contribution in [1.29, 1.82) is 0 Å². The molecule has 0 saturated heterocycles. The van der Waals surface area contributed by atoms with Crippen molar-refractivity contribution in [1.82, 2.24) is 4.98 Å². The molecule has 0 aliphatic heterocycles. The first-order valence-electron chi connectivity index (χ1n) is 5.57. The number of carboxylic acid groups (broad SMARTS) is 1. The lowest BCUT2D eigenvalue weighted by atomic mass is 9.96. The minimum Gasteiger partial charge on any atom is -0.476 e. The van der Waals surface area contributed by atoms with E-state index in [-0.39, 0.29) is 11.5 Å². The molecular formula is C14H14N2O2. The summed E-state index contributed by atoms with van der Waals surface area (Å²) in [7, 11) is 0. The molecule has 4 heteroatoms. The minimum atomic E-state index is -1.07. The van der Waals surface area contributed by atoms with Gasteiger partial charge in [0.05, 0.1) is 0 Å².